The van der Waals surface area contributed by atoms with Crippen molar-refractivity contribution in [2.45, 2.75) is 13.1 Å². The van der Waals surface area contributed by atoms with Gasteiger partial charge in [0.15, 0.2) is 0 Å². The summed E-state index contributed by atoms with van der Waals surface area (Å²) in [6, 6.07) is 4.57. The van der Waals surface area contributed by atoms with Gasteiger partial charge in [-0.05, 0) is 11.6 Å². The fraction of sp³-hybridized carbons (Fsp3) is 0.333. The average Bonchev–Trinajstić information content (AvgIpc) is 2.30. The zero-order valence-electron chi connectivity index (χ0n) is 10.4. The minimum Gasteiger partial charge on any atom is -0.369 e. The molecule has 0 spiro atoms. The van der Waals surface area contributed by atoms with E-state index in [1.807, 2.05) is 0 Å². The lowest BCUT2D eigenvalue weighted by molar-refractivity contribution is -0.122. The molecule has 0 radical (unpaired) electrons. The molecule has 6 N–H and O–H groups in total. The molecule has 0 aliphatic heterocycles. The fourth-order valence-corrected chi connectivity index (χ4v) is 1.70. The van der Waals surface area contributed by atoms with Crippen LogP contribution in [-0.2, 0) is 22.7 Å². The van der Waals surface area contributed by atoms with Crippen LogP contribution in [0.5, 0.6) is 0 Å². The molecule has 0 saturated carbocycles. The van der Waals surface area contributed by atoms with Crippen LogP contribution >= 0.6 is 0 Å². The molecule has 0 atom stereocenters. The zero-order valence-corrected chi connectivity index (χ0v) is 10.4. The Labute approximate surface area is 110 Å². The molecule has 0 saturated heterocycles. The number of carbonyl (C=O) groups excluding carboxylic acids is 2. The van der Waals surface area contributed by atoms with Gasteiger partial charge in [0.2, 0.25) is 11.8 Å². The van der Waals surface area contributed by atoms with Gasteiger partial charge in [-0.2, -0.15) is 0 Å². The van der Waals surface area contributed by atoms with E-state index in [9.17, 15) is 14.0 Å². The Morgan fingerprint density at radius 1 is 1.16 bits per heavy atom. The standard InChI is InChI=1S/C12H17FN4O2/c13-10-3-8(4-14)1-2-9(10)5-17(6-11(15)18)7-12(16)19/h1-3H,4-7,14H2,(H2,15,18)(H2,16,19). The van der Waals surface area contributed by atoms with Crippen molar-refractivity contribution in [3.63, 3.8) is 0 Å². The third-order valence-electron chi connectivity index (χ3n) is 2.51. The summed E-state index contributed by atoms with van der Waals surface area (Å²) in [5.41, 5.74) is 16.5. The number of primary amides is 2. The highest BCUT2D eigenvalue weighted by molar-refractivity contribution is 5.79. The first-order valence-corrected chi connectivity index (χ1v) is 5.68. The number of carbonyl (C=O) groups is 2. The van der Waals surface area contributed by atoms with Crippen molar-refractivity contribution >= 4 is 11.8 Å². The molecule has 0 heterocycles. The second-order valence-corrected chi connectivity index (χ2v) is 4.21. The fourth-order valence-electron chi connectivity index (χ4n) is 1.70. The Hall–Kier alpha value is -1.99. The molecule has 1 rings (SSSR count). The molecule has 1 aromatic carbocycles. The molecule has 7 heteroatoms. The molecule has 104 valence electrons. The molecular weight excluding hydrogens is 251 g/mol. The first-order chi connectivity index (χ1) is 8.92. The lowest BCUT2D eigenvalue weighted by atomic mass is 10.1. The van der Waals surface area contributed by atoms with Gasteiger partial charge >= 0.3 is 0 Å². The van der Waals surface area contributed by atoms with E-state index in [1.165, 1.54) is 11.0 Å². The molecule has 0 aromatic heterocycles. The highest BCUT2D eigenvalue weighted by Gasteiger charge is 2.14. The van der Waals surface area contributed by atoms with E-state index in [4.69, 9.17) is 17.2 Å². The SMILES string of the molecule is NCc1ccc(CN(CC(N)=O)CC(N)=O)c(F)c1. The Kier molecular flexibility index (Phi) is 5.40. The van der Waals surface area contributed by atoms with Crippen LogP contribution < -0.4 is 17.2 Å². The maximum Gasteiger partial charge on any atom is 0.231 e. The van der Waals surface area contributed by atoms with Crippen LogP contribution in [0.4, 0.5) is 4.39 Å². The number of hydrogen-bond acceptors (Lipinski definition) is 4. The van der Waals surface area contributed by atoms with Crippen molar-refractivity contribution in [2.24, 2.45) is 17.2 Å². The second-order valence-electron chi connectivity index (χ2n) is 4.21. The number of nitrogens with two attached hydrogens (primary N) is 3. The Balaban J connectivity index is 2.83. The van der Waals surface area contributed by atoms with E-state index >= 15 is 0 Å². The largest absolute Gasteiger partial charge is 0.369 e. The summed E-state index contributed by atoms with van der Waals surface area (Å²) in [6.45, 7) is -0.0198. The summed E-state index contributed by atoms with van der Waals surface area (Å²) in [4.78, 5) is 23.2. The summed E-state index contributed by atoms with van der Waals surface area (Å²) in [5, 5.41) is 0. The summed E-state index contributed by atoms with van der Waals surface area (Å²) >= 11 is 0. The van der Waals surface area contributed by atoms with Crippen LogP contribution in [0.1, 0.15) is 11.1 Å². The van der Waals surface area contributed by atoms with E-state index in [2.05, 4.69) is 0 Å². The predicted octanol–water partition coefficient (Wildman–Crippen LogP) is -0.943. The van der Waals surface area contributed by atoms with Crippen molar-refractivity contribution in [2.75, 3.05) is 13.1 Å². The van der Waals surface area contributed by atoms with Crippen LogP contribution in [0, 0.1) is 5.82 Å². The van der Waals surface area contributed by atoms with Crippen LogP contribution in [0.25, 0.3) is 0 Å². The number of amides is 2. The van der Waals surface area contributed by atoms with Gasteiger partial charge in [0.05, 0.1) is 13.1 Å². The molecular formula is C12H17FN4O2. The second kappa shape index (κ2) is 6.81. The number of halogens is 1. The van der Waals surface area contributed by atoms with Gasteiger partial charge in [-0.1, -0.05) is 12.1 Å². The van der Waals surface area contributed by atoms with Crippen molar-refractivity contribution in [3.05, 3.63) is 35.1 Å². The summed E-state index contributed by atoms with van der Waals surface area (Å²) < 4.78 is 13.8. The number of hydrogen-bond donors (Lipinski definition) is 3. The van der Waals surface area contributed by atoms with Gasteiger partial charge in [-0.3, -0.25) is 14.5 Å². The van der Waals surface area contributed by atoms with Crippen molar-refractivity contribution in [1.29, 1.82) is 0 Å². The molecule has 6 nitrogen and oxygen atoms in total. The van der Waals surface area contributed by atoms with Gasteiger partial charge in [0, 0.05) is 18.7 Å². The minimum atomic E-state index is -0.611. The van der Waals surface area contributed by atoms with E-state index in [0.717, 1.165) is 0 Å². The third-order valence-corrected chi connectivity index (χ3v) is 2.51. The average molecular weight is 268 g/mol. The van der Waals surface area contributed by atoms with Gasteiger partial charge < -0.3 is 17.2 Å². The molecule has 2 amide bonds. The molecule has 0 bridgehead atoms. The molecule has 0 unspecified atom stereocenters. The van der Waals surface area contributed by atoms with Gasteiger partial charge in [0.25, 0.3) is 0 Å². The van der Waals surface area contributed by atoms with E-state index in [1.54, 1.807) is 12.1 Å². The Morgan fingerprint density at radius 2 is 1.74 bits per heavy atom. The van der Waals surface area contributed by atoms with E-state index in [-0.39, 0.29) is 26.2 Å². The monoisotopic (exact) mass is 268 g/mol. The molecule has 0 aliphatic rings. The van der Waals surface area contributed by atoms with Crippen LogP contribution in [-0.4, -0.2) is 29.8 Å². The first kappa shape index (κ1) is 15.1. The summed E-state index contributed by atoms with van der Waals surface area (Å²) in [7, 11) is 0. The Morgan fingerprint density at radius 3 is 2.16 bits per heavy atom. The number of rotatable bonds is 7. The van der Waals surface area contributed by atoms with Crippen LogP contribution in [0.15, 0.2) is 18.2 Å². The molecule has 19 heavy (non-hydrogen) atoms. The first-order valence-electron chi connectivity index (χ1n) is 5.68. The molecule has 1 aromatic rings. The normalized spacial score (nSPS) is 10.7. The topological polar surface area (TPSA) is 115 Å². The van der Waals surface area contributed by atoms with Crippen molar-refractivity contribution in [1.82, 2.24) is 4.90 Å². The zero-order chi connectivity index (χ0) is 14.4. The lowest BCUT2D eigenvalue weighted by Crippen LogP contribution is -2.39. The number of benzene rings is 1. The quantitative estimate of drug-likeness (QED) is 0.591. The summed E-state index contributed by atoms with van der Waals surface area (Å²) in [6.07, 6.45) is 0. The number of nitrogens with zero attached hydrogens (tertiary/aromatic N) is 1. The smallest absolute Gasteiger partial charge is 0.231 e. The van der Waals surface area contributed by atoms with Crippen molar-refractivity contribution in [3.8, 4) is 0 Å². The maximum atomic E-state index is 13.8. The Bertz CT molecular complexity index is 463. The van der Waals surface area contributed by atoms with Gasteiger partial charge in [-0.15, -0.1) is 0 Å². The van der Waals surface area contributed by atoms with Crippen LogP contribution in [0.3, 0.4) is 0 Å². The molecule has 0 aliphatic carbocycles. The summed E-state index contributed by atoms with van der Waals surface area (Å²) in [5.74, 6) is -1.66. The van der Waals surface area contributed by atoms with Crippen molar-refractivity contribution < 1.29 is 14.0 Å². The van der Waals surface area contributed by atoms with Gasteiger partial charge in [0.1, 0.15) is 5.82 Å². The van der Waals surface area contributed by atoms with E-state index < -0.39 is 17.6 Å². The highest BCUT2D eigenvalue weighted by atomic mass is 19.1. The van der Waals surface area contributed by atoms with Gasteiger partial charge in [-0.25, -0.2) is 4.39 Å². The minimum absolute atomic E-state index is 0.0720. The maximum absolute atomic E-state index is 13.8. The highest BCUT2D eigenvalue weighted by Crippen LogP contribution is 2.12. The van der Waals surface area contributed by atoms with E-state index in [0.29, 0.717) is 11.1 Å². The predicted molar refractivity (Wildman–Crippen MR) is 68.0 cm³/mol. The lowest BCUT2D eigenvalue weighted by Gasteiger charge is -2.19. The molecule has 0 fully saturated rings. The van der Waals surface area contributed by atoms with Crippen LogP contribution in [0.2, 0.25) is 0 Å². The third kappa shape index (κ3) is 5.02.